The van der Waals surface area contributed by atoms with E-state index in [1.54, 1.807) is 6.92 Å². The van der Waals surface area contributed by atoms with Crippen molar-refractivity contribution in [2.45, 2.75) is 38.5 Å². The number of carbonyl (C=O) groups is 2. The minimum absolute atomic E-state index is 0.0527. The molecule has 0 atom stereocenters. The Bertz CT molecular complexity index is 947. The van der Waals surface area contributed by atoms with Crippen LogP contribution < -0.4 is 10.0 Å². The summed E-state index contributed by atoms with van der Waals surface area (Å²) in [5.41, 5.74) is 2.95. The smallest absolute Gasteiger partial charge is 0.338 e. The van der Waals surface area contributed by atoms with Crippen LogP contribution in [0.25, 0.3) is 0 Å². The Morgan fingerprint density at radius 3 is 2.03 bits per heavy atom. The zero-order chi connectivity index (χ0) is 21.4. The van der Waals surface area contributed by atoms with Gasteiger partial charge < -0.3 is 10.1 Å². The highest BCUT2D eigenvalue weighted by Gasteiger charge is 2.16. The Morgan fingerprint density at radius 2 is 1.52 bits per heavy atom. The Hall–Kier alpha value is -2.71. The summed E-state index contributed by atoms with van der Waals surface area (Å²) in [4.78, 5) is 24.5. The average molecular weight is 419 g/mol. The molecule has 0 saturated carbocycles. The van der Waals surface area contributed by atoms with E-state index in [-0.39, 0.29) is 17.0 Å². The lowest BCUT2D eigenvalue weighted by molar-refractivity contribution is -0.119. The number of esters is 1. The van der Waals surface area contributed by atoms with E-state index in [2.05, 4.69) is 10.0 Å². The largest absolute Gasteiger partial charge is 0.452 e. The second-order valence-electron chi connectivity index (χ2n) is 6.31. The fourth-order valence-corrected chi connectivity index (χ4v) is 3.88. The van der Waals surface area contributed by atoms with Gasteiger partial charge in [-0.3, -0.25) is 4.79 Å². The van der Waals surface area contributed by atoms with Gasteiger partial charge in [-0.25, -0.2) is 17.9 Å². The topological polar surface area (TPSA) is 102 Å². The molecule has 0 saturated heterocycles. The summed E-state index contributed by atoms with van der Waals surface area (Å²) < 4.78 is 31.3. The molecule has 2 N–H and O–H groups in total. The maximum atomic E-state index is 12.3. The first-order valence-electron chi connectivity index (χ1n) is 9.49. The third-order valence-corrected chi connectivity index (χ3v) is 5.89. The highest BCUT2D eigenvalue weighted by molar-refractivity contribution is 7.89. The van der Waals surface area contributed by atoms with Crippen LogP contribution in [-0.4, -0.2) is 33.4 Å². The van der Waals surface area contributed by atoms with Gasteiger partial charge in [-0.15, -0.1) is 0 Å². The van der Waals surface area contributed by atoms with Gasteiger partial charge in [0.25, 0.3) is 5.91 Å². The first-order chi connectivity index (χ1) is 13.8. The van der Waals surface area contributed by atoms with Crippen LogP contribution in [-0.2, 0) is 32.4 Å². The van der Waals surface area contributed by atoms with Crippen LogP contribution in [0.1, 0.15) is 42.3 Å². The van der Waals surface area contributed by atoms with Crippen molar-refractivity contribution in [1.29, 1.82) is 0 Å². The van der Waals surface area contributed by atoms with Gasteiger partial charge in [0.2, 0.25) is 10.0 Å². The molecule has 0 heterocycles. The fourth-order valence-electron chi connectivity index (χ4n) is 2.84. The number of ether oxygens (including phenoxy) is 1. The maximum Gasteiger partial charge on any atom is 0.338 e. The number of amides is 1. The summed E-state index contributed by atoms with van der Waals surface area (Å²) in [6.45, 7) is 5.52. The van der Waals surface area contributed by atoms with Crippen LogP contribution in [0.5, 0.6) is 0 Å². The van der Waals surface area contributed by atoms with Crippen LogP contribution in [0.2, 0.25) is 0 Å². The van der Waals surface area contributed by atoms with E-state index in [4.69, 9.17) is 4.74 Å². The van der Waals surface area contributed by atoms with E-state index in [0.717, 1.165) is 29.7 Å². The monoisotopic (exact) mass is 418 g/mol. The summed E-state index contributed by atoms with van der Waals surface area (Å²) in [6, 6.07) is 11.2. The van der Waals surface area contributed by atoms with Crippen molar-refractivity contribution >= 4 is 27.6 Å². The molecule has 0 spiro atoms. The molecule has 0 aromatic heterocycles. The Kier molecular flexibility index (Phi) is 7.92. The third-order valence-electron chi connectivity index (χ3n) is 4.33. The number of carbonyl (C=O) groups excluding carboxylic acids is 2. The van der Waals surface area contributed by atoms with Crippen molar-refractivity contribution in [1.82, 2.24) is 4.72 Å². The van der Waals surface area contributed by atoms with Crippen LogP contribution in [0.3, 0.4) is 0 Å². The van der Waals surface area contributed by atoms with Gasteiger partial charge >= 0.3 is 5.97 Å². The summed E-state index contributed by atoms with van der Waals surface area (Å²) >= 11 is 0. The number of hydrogen-bond donors (Lipinski definition) is 2. The predicted molar refractivity (Wildman–Crippen MR) is 111 cm³/mol. The molecule has 0 fully saturated rings. The first kappa shape index (κ1) is 22.6. The number of aryl methyl sites for hydroxylation is 2. The number of para-hydroxylation sites is 1. The van der Waals surface area contributed by atoms with Crippen molar-refractivity contribution in [3.05, 3.63) is 59.2 Å². The summed E-state index contributed by atoms with van der Waals surface area (Å²) in [7, 11) is -3.59. The lowest BCUT2D eigenvalue weighted by atomic mass is 10.0. The van der Waals surface area contributed by atoms with Crippen molar-refractivity contribution in [2.24, 2.45) is 0 Å². The second kappa shape index (κ2) is 10.2. The molecular weight excluding hydrogens is 392 g/mol. The molecule has 29 heavy (non-hydrogen) atoms. The molecule has 2 rings (SSSR count). The van der Waals surface area contributed by atoms with Crippen LogP contribution in [0.4, 0.5) is 5.69 Å². The van der Waals surface area contributed by atoms with Crippen molar-refractivity contribution in [2.75, 3.05) is 18.5 Å². The third kappa shape index (κ3) is 5.88. The molecule has 0 aliphatic carbocycles. The van der Waals surface area contributed by atoms with E-state index in [1.165, 1.54) is 24.3 Å². The van der Waals surface area contributed by atoms with Gasteiger partial charge in [-0.05, 0) is 48.2 Å². The van der Waals surface area contributed by atoms with Crippen LogP contribution in [0.15, 0.2) is 47.4 Å². The molecule has 0 aliphatic rings. The Labute approximate surface area is 171 Å². The molecule has 8 heteroatoms. The quantitative estimate of drug-likeness (QED) is 0.610. The van der Waals surface area contributed by atoms with E-state index < -0.39 is 28.5 Å². The van der Waals surface area contributed by atoms with Gasteiger partial charge in [-0.2, -0.15) is 0 Å². The first-order valence-corrected chi connectivity index (χ1v) is 11.0. The number of hydrogen-bond acceptors (Lipinski definition) is 5. The minimum Gasteiger partial charge on any atom is -0.452 e. The summed E-state index contributed by atoms with van der Waals surface area (Å²) in [5, 5.41) is 2.83. The van der Waals surface area contributed by atoms with Gasteiger partial charge in [-0.1, -0.05) is 39.0 Å². The highest BCUT2D eigenvalue weighted by Crippen LogP contribution is 2.22. The van der Waals surface area contributed by atoms with E-state index >= 15 is 0 Å². The van der Waals surface area contributed by atoms with Crippen molar-refractivity contribution < 1.29 is 22.7 Å². The van der Waals surface area contributed by atoms with E-state index in [1.807, 2.05) is 32.0 Å². The number of nitrogens with one attached hydrogen (secondary N) is 2. The zero-order valence-electron chi connectivity index (χ0n) is 16.8. The van der Waals surface area contributed by atoms with Gasteiger partial charge in [0.1, 0.15) is 0 Å². The van der Waals surface area contributed by atoms with Gasteiger partial charge in [0.15, 0.2) is 6.61 Å². The molecule has 7 nitrogen and oxygen atoms in total. The lowest BCUT2D eigenvalue weighted by Gasteiger charge is -2.14. The zero-order valence-corrected chi connectivity index (χ0v) is 17.6. The van der Waals surface area contributed by atoms with Crippen molar-refractivity contribution in [3.8, 4) is 0 Å². The number of rotatable bonds is 9. The number of sulfonamides is 1. The summed E-state index contributed by atoms with van der Waals surface area (Å²) in [5.74, 6) is -1.13. The van der Waals surface area contributed by atoms with E-state index in [9.17, 15) is 18.0 Å². The van der Waals surface area contributed by atoms with Crippen LogP contribution >= 0.6 is 0 Å². The summed E-state index contributed by atoms with van der Waals surface area (Å²) in [6.07, 6.45) is 1.54. The maximum absolute atomic E-state index is 12.3. The molecule has 156 valence electrons. The molecule has 0 unspecified atom stereocenters. The number of anilines is 1. The standard InChI is InChI=1S/C21H26N2O5S/c1-4-15-8-7-9-16(5-2)20(15)23-19(24)14-28-21(25)17-10-12-18(13-11-17)29(26,27)22-6-3/h7-13,22H,4-6,14H2,1-3H3,(H,23,24). The second-order valence-corrected chi connectivity index (χ2v) is 8.08. The number of benzene rings is 2. The fraction of sp³-hybridized carbons (Fsp3) is 0.333. The van der Waals surface area contributed by atoms with E-state index in [0.29, 0.717) is 0 Å². The van der Waals surface area contributed by atoms with Crippen LogP contribution in [0, 0.1) is 0 Å². The van der Waals surface area contributed by atoms with Gasteiger partial charge in [0, 0.05) is 12.2 Å². The predicted octanol–water partition coefficient (Wildman–Crippen LogP) is 2.91. The molecular formula is C21H26N2O5S. The average Bonchev–Trinajstić information content (AvgIpc) is 2.72. The molecule has 0 aliphatic heterocycles. The van der Waals surface area contributed by atoms with Gasteiger partial charge in [0.05, 0.1) is 10.5 Å². The molecule has 1 amide bonds. The Morgan fingerprint density at radius 1 is 0.931 bits per heavy atom. The lowest BCUT2D eigenvalue weighted by Crippen LogP contribution is -2.23. The molecule has 2 aromatic carbocycles. The Balaban J connectivity index is 2.00. The SMILES string of the molecule is CCNS(=O)(=O)c1ccc(C(=O)OCC(=O)Nc2c(CC)cccc2CC)cc1. The van der Waals surface area contributed by atoms with Crippen molar-refractivity contribution in [3.63, 3.8) is 0 Å². The normalized spacial score (nSPS) is 11.1. The molecule has 0 bridgehead atoms. The minimum atomic E-state index is -3.59. The molecule has 2 aromatic rings. The molecule has 0 radical (unpaired) electrons. The highest BCUT2D eigenvalue weighted by atomic mass is 32.2.